The average Bonchev–Trinajstić information content (AvgIpc) is 2.36. The normalized spacial score (nSPS) is 13.2. The number of rotatable bonds is 6. The van der Waals surface area contributed by atoms with E-state index in [2.05, 4.69) is 25.5 Å². The van der Waals surface area contributed by atoms with Crippen molar-refractivity contribution in [1.29, 1.82) is 0 Å². The summed E-state index contributed by atoms with van der Waals surface area (Å²) in [5, 5.41) is 0.390. The van der Waals surface area contributed by atoms with Crippen LogP contribution in [0.3, 0.4) is 0 Å². The first-order chi connectivity index (χ1) is 10.3. The molecule has 1 aromatic carbocycles. The van der Waals surface area contributed by atoms with Gasteiger partial charge in [0.1, 0.15) is 0 Å². The van der Waals surface area contributed by atoms with Crippen LogP contribution in [0.25, 0.3) is 0 Å². The quantitative estimate of drug-likeness (QED) is 0.793. The Morgan fingerprint density at radius 3 is 2.22 bits per heavy atom. The summed E-state index contributed by atoms with van der Waals surface area (Å²) in [6, 6.07) is 4.75. The van der Waals surface area contributed by atoms with E-state index in [0.717, 1.165) is 5.46 Å². The molecule has 0 aliphatic heterocycles. The Labute approximate surface area is 146 Å². The summed E-state index contributed by atoms with van der Waals surface area (Å²) in [5.74, 6) is 0. The summed E-state index contributed by atoms with van der Waals surface area (Å²) in [6.07, 6.45) is 0. The smallest absolute Gasteiger partial charge is 0.325 e. The van der Waals surface area contributed by atoms with Gasteiger partial charge in [0, 0.05) is 11.6 Å². The third-order valence-electron chi connectivity index (χ3n) is 4.33. The summed E-state index contributed by atoms with van der Waals surface area (Å²) in [6.45, 7) is 14.2. The van der Waals surface area contributed by atoms with Crippen LogP contribution in [0.1, 0.15) is 41.5 Å². The zero-order valence-corrected chi connectivity index (χ0v) is 16.6. The Hall–Kier alpha value is -0.555. The fourth-order valence-electron chi connectivity index (χ4n) is 1.96. The molecule has 23 heavy (non-hydrogen) atoms. The molecule has 0 aromatic heterocycles. The predicted octanol–water partition coefficient (Wildman–Crippen LogP) is 3.31. The molecule has 0 heterocycles. The van der Waals surface area contributed by atoms with E-state index in [4.69, 9.17) is 16.3 Å². The van der Waals surface area contributed by atoms with Crippen LogP contribution in [-0.4, -0.2) is 27.5 Å². The monoisotopic (exact) mass is 359 g/mol. The van der Waals surface area contributed by atoms with Crippen LogP contribution in [0.5, 0.6) is 0 Å². The highest BCUT2D eigenvalue weighted by atomic mass is 35.5. The van der Waals surface area contributed by atoms with E-state index in [1.165, 1.54) is 6.07 Å². The standard InChI is InChI=1S/C16H27BClNO3S/c1-8-19-23(20,21)12-9-10-13(14(18)11-12)17(7)22-16(5,6)15(2,3)4/h9-11,19H,8H2,1-7H3. The SMILES string of the molecule is CCNS(=O)(=O)c1ccc(B(C)OC(C)(C)C(C)(C)C)c(Cl)c1. The van der Waals surface area contributed by atoms with Gasteiger partial charge >= 0.3 is 6.92 Å². The molecular formula is C16H27BClNO3S. The predicted molar refractivity (Wildman–Crippen MR) is 98.2 cm³/mol. The van der Waals surface area contributed by atoms with Gasteiger partial charge in [-0.05, 0) is 36.9 Å². The van der Waals surface area contributed by atoms with Crippen molar-refractivity contribution >= 4 is 34.0 Å². The van der Waals surface area contributed by atoms with E-state index in [1.807, 2.05) is 20.7 Å². The molecule has 130 valence electrons. The van der Waals surface area contributed by atoms with Crippen LogP contribution in [0.2, 0.25) is 11.8 Å². The highest BCUT2D eigenvalue weighted by Gasteiger charge is 2.36. The third kappa shape index (κ3) is 4.96. The number of hydrogen-bond donors (Lipinski definition) is 1. The van der Waals surface area contributed by atoms with E-state index in [0.29, 0.717) is 11.6 Å². The second kappa shape index (κ2) is 7.13. The Balaban J connectivity index is 3.08. The van der Waals surface area contributed by atoms with Crippen LogP contribution in [0.4, 0.5) is 0 Å². The van der Waals surface area contributed by atoms with Crippen molar-refractivity contribution in [2.45, 2.75) is 58.9 Å². The Morgan fingerprint density at radius 2 is 1.78 bits per heavy atom. The van der Waals surface area contributed by atoms with Crippen LogP contribution in [-0.2, 0) is 14.7 Å². The lowest BCUT2D eigenvalue weighted by Gasteiger charge is -2.41. The summed E-state index contributed by atoms with van der Waals surface area (Å²) < 4.78 is 32.7. The van der Waals surface area contributed by atoms with E-state index >= 15 is 0 Å². The van der Waals surface area contributed by atoms with E-state index in [1.54, 1.807) is 19.1 Å². The van der Waals surface area contributed by atoms with E-state index < -0.39 is 10.0 Å². The van der Waals surface area contributed by atoms with Crippen molar-refractivity contribution in [3.05, 3.63) is 23.2 Å². The van der Waals surface area contributed by atoms with Crippen molar-refractivity contribution in [3.63, 3.8) is 0 Å². The van der Waals surface area contributed by atoms with Gasteiger partial charge in [-0.1, -0.05) is 52.2 Å². The first-order valence-electron chi connectivity index (χ1n) is 7.79. The number of nitrogens with one attached hydrogen (secondary N) is 1. The lowest BCUT2D eigenvalue weighted by atomic mass is 9.62. The van der Waals surface area contributed by atoms with Gasteiger partial charge in [-0.2, -0.15) is 0 Å². The fourth-order valence-corrected chi connectivity index (χ4v) is 3.43. The van der Waals surface area contributed by atoms with Crippen molar-refractivity contribution in [2.24, 2.45) is 5.41 Å². The van der Waals surface area contributed by atoms with Crippen LogP contribution >= 0.6 is 11.6 Å². The summed E-state index contributed by atoms with van der Waals surface area (Å²) in [7, 11) is -3.51. The Kier molecular flexibility index (Phi) is 6.36. The molecule has 0 bridgehead atoms. The number of benzene rings is 1. The zero-order valence-electron chi connectivity index (χ0n) is 15.0. The second-order valence-electron chi connectivity index (χ2n) is 7.21. The minimum absolute atomic E-state index is 0.0396. The highest BCUT2D eigenvalue weighted by Crippen LogP contribution is 2.33. The van der Waals surface area contributed by atoms with E-state index in [-0.39, 0.29) is 22.8 Å². The molecule has 0 saturated heterocycles. The zero-order chi connectivity index (χ0) is 18.1. The van der Waals surface area contributed by atoms with Crippen LogP contribution < -0.4 is 10.2 Å². The van der Waals surface area contributed by atoms with Gasteiger partial charge in [0.2, 0.25) is 10.0 Å². The largest absolute Gasteiger partial charge is 0.426 e. The van der Waals surface area contributed by atoms with Gasteiger partial charge in [-0.25, -0.2) is 13.1 Å². The molecule has 1 aromatic rings. The van der Waals surface area contributed by atoms with Crippen molar-refractivity contribution in [2.75, 3.05) is 6.54 Å². The van der Waals surface area contributed by atoms with Gasteiger partial charge in [0.25, 0.3) is 0 Å². The molecule has 7 heteroatoms. The minimum atomic E-state index is -3.51. The molecule has 0 aliphatic carbocycles. The van der Waals surface area contributed by atoms with Gasteiger partial charge in [0.15, 0.2) is 0 Å². The number of halogens is 1. The fraction of sp³-hybridized carbons (Fsp3) is 0.625. The molecular weight excluding hydrogens is 333 g/mol. The molecule has 1 rings (SSSR count). The van der Waals surface area contributed by atoms with Crippen molar-refractivity contribution in [1.82, 2.24) is 4.72 Å². The molecule has 0 aliphatic rings. The highest BCUT2D eigenvalue weighted by molar-refractivity contribution is 7.89. The van der Waals surface area contributed by atoms with Crippen molar-refractivity contribution < 1.29 is 13.1 Å². The minimum Gasteiger partial charge on any atom is -0.426 e. The molecule has 0 radical (unpaired) electrons. The molecule has 0 unspecified atom stereocenters. The average molecular weight is 360 g/mol. The maximum absolute atomic E-state index is 12.0. The van der Waals surface area contributed by atoms with Gasteiger partial charge in [-0.15, -0.1) is 0 Å². The first-order valence-corrected chi connectivity index (χ1v) is 9.65. The van der Waals surface area contributed by atoms with Gasteiger partial charge in [-0.3, -0.25) is 0 Å². The third-order valence-corrected chi connectivity index (χ3v) is 6.20. The lowest BCUT2D eigenvalue weighted by molar-refractivity contribution is 0.000452. The molecule has 1 N–H and O–H groups in total. The maximum Gasteiger partial charge on any atom is 0.325 e. The topological polar surface area (TPSA) is 55.4 Å². The van der Waals surface area contributed by atoms with E-state index in [9.17, 15) is 8.42 Å². The lowest BCUT2D eigenvalue weighted by Crippen LogP contribution is -2.47. The molecule has 0 fully saturated rings. The molecule has 4 nitrogen and oxygen atoms in total. The molecule has 0 saturated carbocycles. The molecule has 0 atom stereocenters. The number of hydrogen-bond acceptors (Lipinski definition) is 3. The molecule has 0 spiro atoms. The second-order valence-corrected chi connectivity index (χ2v) is 9.38. The Morgan fingerprint density at radius 1 is 1.22 bits per heavy atom. The summed E-state index contributed by atoms with van der Waals surface area (Å²) in [4.78, 5) is 0.162. The van der Waals surface area contributed by atoms with Crippen LogP contribution in [0, 0.1) is 5.41 Å². The van der Waals surface area contributed by atoms with Crippen LogP contribution in [0.15, 0.2) is 23.1 Å². The Bertz CT molecular complexity index is 654. The summed E-state index contributed by atoms with van der Waals surface area (Å²) in [5.41, 5.74) is 0.381. The first kappa shape index (κ1) is 20.5. The van der Waals surface area contributed by atoms with Gasteiger partial charge in [0.05, 0.1) is 10.5 Å². The number of sulfonamides is 1. The molecule has 0 amide bonds. The maximum atomic E-state index is 12.0. The van der Waals surface area contributed by atoms with Crippen molar-refractivity contribution in [3.8, 4) is 0 Å². The van der Waals surface area contributed by atoms with Gasteiger partial charge < -0.3 is 4.65 Å². The summed E-state index contributed by atoms with van der Waals surface area (Å²) >= 11 is 6.30.